The minimum Gasteiger partial charge on any atom is -0.464 e. The number of esters is 1. The number of benzene rings is 1. The molecule has 0 amide bonds. The molecule has 5 heteroatoms. The summed E-state index contributed by atoms with van der Waals surface area (Å²) in [7, 11) is 0. The molecular formula is C16H24O5. The predicted octanol–water partition coefficient (Wildman–Crippen LogP) is 2.19. The number of carbonyl (C=O) groups is 1. The largest absolute Gasteiger partial charge is 0.464 e. The van der Waals surface area contributed by atoms with E-state index >= 15 is 0 Å². The lowest BCUT2D eigenvalue weighted by Crippen LogP contribution is -2.14. The van der Waals surface area contributed by atoms with Gasteiger partial charge in [0.25, 0.3) is 0 Å². The van der Waals surface area contributed by atoms with Crippen LogP contribution in [-0.2, 0) is 30.3 Å². The molecule has 0 fully saturated rings. The Kier molecular flexibility index (Phi) is 10.3. The van der Waals surface area contributed by atoms with Crippen molar-refractivity contribution in [2.75, 3.05) is 39.6 Å². The number of hydrogen-bond donors (Lipinski definition) is 0. The van der Waals surface area contributed by atoms with Gasteiger partial charge in [-0.25, -0.2) is 4.79 Å². The summed E-state index contributed by atoms with van der Waals surface area (Å²) in [5.74, 6) is -0.326. The maximum absolute atomic E-state index is 11.0. The molecule has 0 radical (unpaired) electrons. The minimum atomic E-state index is -0.326. The molecular weight excluding hydrogens is 272 g/mol. The number of hydrogen-bond acceptors (Lipinski definition) is 5. The third-order valence-electron chi connectivity index (χ3n) is 2.59. The maximum Gasteiger partial charge on any atom is 0.332 e. The molecule has 1 aromatic carbocycles. The zero-order chi connectivity index (χ0) is 15.2. The van der Waals surface area contributed by atoms with E-state index in [1.807, 2.05) is 30.3 Å². The lowest BCUT2D eigenvalue weighted by atomic mass is 10.2. The number of ether oxygens (including phenoxy) is 4. The van der Waals surface area contributed by atoms with Gasteiger partial charge in [0.15, 0.2) is 0 Å². The molecule has 0 aliphatic carbocycles. The van der Waals surface area contributed by atoms with Crippen molar-refractivity contribution in [2.24, 2.45) is 0 Å². The molecule has 21 heavy (non-hydrogen) atoms. The lowest BCUT2D eigenvalue weighted by Gasteiger charge is -2.06. The highest BCUT2D eigenvalue weighted by Gasteiger charge is 2.00. The second-order valence-corrected chi connectivity index (χ2v) is 4.36. The highest BCUT2D eigenvalue weighted by molar-refractivity contribution is 5.70. The van der Waals surface area contributed by atoms with Crippen LogP contribution in [0.1, 0.15) is 18.9 Å². The third kappa shape index (κ3) is 10.0. The molecule has 0 aliphatic heterocycles. The Bertz CT molecular complexity index is 366. The first kappa shape index (κ1) is 17.6. The van der Waals surface area contributed by atoms with Crippen molar-refractivity contribution in [1.29, 1.82) is 0 Å². The molecule has 0 atom stereocenters. The summed E-state index contributed by atoms with van der Waals surface area (Å²) in [5, 5.41) is 0. The van der Waals surface area contributed by atoms with E-state index in [0.717, 1.165) is 12.0 Å². The Labute approximate surface area is 126 Å². The molecule has 5 nitrogen and oxygen atoms in total. The van der Waals surface area contributed by atoms with Crippen LogP contribution in [0.4, 0.5) is 0 Å². The number of rotatable bonds is 12. The van der Waals surface area contributed by atoms with Crippen molar-refractivity contribution in [3.8, 4) is 0 Å². The molecule has 0 aliphatic rings. The summed E-state index contributed by atoms with van der Waals surface area (Å²) in [6.07, 6.45) is 0.748. The van der Waals surface area contributed by atoms with Crippen LogP contribution in [-0.4, -0.2) is 45.6 Å². The van der Waals surface area contributed by atoms with Crippen LogP contribution < -0.4 is 0 Å². The zero-order valence-corrected chi connectivity index (χ0v) is 12.6. The van der Waals surface area contributed by atoms with Crippen molar-refractivity contribution in [1.82, 2.24) is 0 Å². The van der Waals surface area contributed by atoms with E-state index in [2.05, 4.69) is 0 Å². The summed E-state index contributed by atoms with van der Waals surface area (Å²) < 4.78 is 20.8. The van der Waals surface area contributed by atoms with Gasteiger partial charge in [-0.05, 0) is 18.9 Å². The van der Waals surface area contributed by atoms with Gasteiger partial charge < -0.3 is 18.9 Å². The van der Waals surface area contributed by atoms with Gasteiger partial charge in [0.2, 0.25) is 0 Å². The second kappa shape index (κ2) is 12.3. The summed E-state index contributed by atoms with van der Waals surface area (Å²) in [4.78, 5) is 11.0. The summed E-state index contributed by atoms with van der Waals surface area (Å²) >= 11 is 0. The fraction of sp³-hybridized carbons (Fsp3) is 0.562. The lowest BCUT2D eigenvalue weighted by molar-refractivity contribution is -0.148. The first-order valence-electron chi connectivity index (χ1n) is 7.25. The van der Waals surface area contributed by atoms with Gasteiger partial charge in [-0.1, -0.05) is 30.3 Å². The van der Waals surface area contributed by atoms with Gasteiger partial charge in [0, 0.05) is 13.2 Å². The summed E-state index contributed by atoms with van der Waals surface area (Å²) in [5.41, 5.74) is 1.16. The molecule has 0 heterocycles. The van der Waals surface area contributed by atoms with Crippen molar-refractivity contribution in [3.63, 3.8) is 0 Å². The van der Waals surface area contributed by atoms with Crippen molar-refractivity contribution in [2.45, 2.75) is 20.0 Å². The van der Waals surface area contributed by atoms with Crippen LogP contribution in [0.5, 0.6) is 0 Å². The maximum atomic E-state index is 11.0. The Hall–Kier alpha value is -1.43. The molecule has 0 N–H and O–H groups in total. The Morgan fingerprint density at radius 3 is 2.43 bits per heavy atom. The normalized spacial score (nSPS) is 10.5. The SMILES string of the molecule is CCOC(=O)COCCCOCCOCc1ccccc1. The average Bonchev–Trinajstić information content (AvgIpc) is 2.50. The number of carbonyl (C=O) groups excluding carboxylic acids is 1. The molecule has 0 saturated heterocycles. The van der Waals surface area contributed by atoms with Crippen LogP contribution in [0.25, 0.3) is 0 Å². The molecule has 1 rings (SSSR count). The van der Waals surface area contributed by atoms with Crippen molar-refractivity contribution < 1.29 is 23.7 Å². The quantitative estimate of drug-likeness (QED) is 0.437. The van der Waals surface area contributed by atoms with E-state index in [4.69, 9.17) is 18.9 Å². The topological polar surface area (TPSA) is 54.0 Å². The molecule has 0 spiro atoms. The average molecular weight is 296 g/mol. The Morgan fingerprint density at radius 2 is 1.67 bits per heavy atom. The predicted molar refractivity (Wildman–Crippen MR) is 79.0 cm³/mol. The minimum absolute atomic E-state index is 0.00796. The van der Waals surface area contributed by atoms with E-state index in [1.54, 1.807) is 6.92 Å². The Morgan fingerprint density at radius 1 is 0.952 bits per heavy atom. The molecule has 0 aromatic heterocycles. The fourth-order valence-electron chi connectivity index (χ4n) is 1.61. The van der Waals surface area contributed by atoms with E-state index in [-0.39, 0.29) is 12.6 Å². The third-order valence-corrected chi connectivity index (χ3v) is 2.59. The summed E-state index contributed by atoms with van der Waals surface area (Å²) in [6.45, 7) is 4.98. The van der Waals surface area contributed by atoms with Gasteiger partial charge in [0.1, 0.15) is 6.61 Å². The highest BCUT2D eigenvalue weighted by atomic mass is 16.6. The smallest absolute Gasteiger partial charge is 0.332 e. The fourth-order valence-corrected chi connectivity index (χ4v) is 1.61. The van der Waals surface area contributed by atoms with Crippen molar-refractivity contribution >= 4 is 5.97 Å². The molecule has 0 saturated carbocycles. The van der Waals surface area contributed by atoms with Crippen LogP contribution >= 0.6 is 0 Å². The first-order chi connectivity index (χ1) is 10.3. The zero-order valence-electron chi connectivity index (χ0n) is 12.6. The molecule has 0 unspecified atom stereocenters. The Balaban J connectivity index is 1.82. The molecule has 118 valence electrons. The first-order valence-corrected chi connectivity index (χ1v) is 7.25. The highest BCUT2D eigenvalue weighted by Crippen LogP contribution is 2.00. The van der Waals surface area contributed by atoms with E-state index in [1.165, 1.54) is 0 Å². The van der Waals surface area contributed by atoms with Gasteiger partial charge in [0.05, 0.1) is 26.4 Å². The van der Waals surface area contributed by atoms with E-state index in [9.17, 15) is 4.79 Å². The van der Waals surface area contributed by atoms with Crippen molar-refractivity contribution in [3.05, 3.63) is 35.9 Å². The second-order valence-electron chi connectivity index (χ2n) is 4.36. The van der Waals surface area contributed by atoms with Crippen LogP contribution in [0.3, 0.4) is 0 Å². The van der Waals surface area contributed by atoms with Crippen LogP contribution in [0, 0.1) is 0 Å². The van der Waals surface area contributed by atoms with Gasteiger partial charge in [-0.3, -0.25) is 0 Å². The van der Waals surface area contributed by atoms with Crippen LogP contribution in [0.15, 0.2) is 30.3 Å². The molecule has 0 bridgehead atoms. The van der Waals surface area contributed by atoms with Gasteiger partial charge in [-0.15, -0.1) is 0 Å². The standard InChI is InChI=1S/C16H24O5/c1-2-21-16(17)14-19-10-6-9-18-11-12-20-13-15-7-4-3-5-8-15/h3-5,7-8H,2,6,9-14H2,1H3. The summed E-state index contributed by atoms with van der Waals surface area (Å²) in [6, 6.07) is 10.0. The van der Waals surface area contributed by atoms with Gasteiger partial charge in [-0.2, -0.15) is 0 Å². The van der Waals surface area contributed by atoms with Gasteiger partial charge >= 0.3 is 5.97 Å². The molecule has 1 aromatic rings. The van der Waals surface area contributed by atoms with E-state index in [0.29, 0.717) is 39.6 Å². The van der Waals surface area contributed by atoms with Crippen LogP contribution in [0.2, 0.25) is 0 Å². The van der Waals surface area contributed by atoms with E-state index < -0.39 is 0 Å². The monoisotopic (exact) mass is 296 g/mol.